The fourth-order valence-electron chi connectivity index (χ4n) is 2.11. The number of anilines is 1. The Morgan fingerprint density at radius 2 is 2.00 bits per heavy atom. The minimum absolute atomic E-state index is 0.170. The lowest BCUT2D eigenvalue weighted by atomic mass is 10.1. The van der Waals surface area contributed by atoms with E-state index in [1.165, 1.54) is 5.56 Å². The highest BCUT2D eigenvalue weighted by Crippen LogP contribution is 2.13. The molecule has 2 rings (SSSR count). The Bertz CT molecular complexity index is 680. The second-order valence-electron chi connectivity index (χ2n) is 6.44. The van der Waals surface area contributed by atoms with Gasteiger partial charge < -0.3 is 10.6 Å². The van der Waals surface area contributed by atoms with E-state index in [9.17, 15) is 4.79 Å². The molecule has 0 atom stereocenters. The Morgan fingerprint density at radius 1 is 1.22 bits per heavy atom. The first-order chi connectivity index (χ1) is 10.8. The number of hydrogen-bond donors (Lipinski definition) is 2. The lowest BCUT2D eigenvalue weighted by Gasteiger charge is -2.20. The van der Waals surface area contributed by atoms with Gasteiger partial charge in [0.15, 0.2) is 0 Å². The molecule has 0 aliphatic rings. The maximum absolute atomic E-state index is 12.1. The van der Waals surface area contributed by atoms with E-state index in [4.69, 9.17) is 11.6 Å². The van der Waals surface area contributed by atoms with E-state index < -0.39 is 0 Å². The first kappa shape index (κ1) is 17.3. The van der Waals surface area contributed by atoms with Crippen LogP contribution in [-0.4, -0.2) is 23.0 Å². The van der Waals surface area contributed by atoms with Crippen molar-refractivity contribution in [2.24, 2.45) is 0 Å². The van der Waals surface area contributed by atoms with Crippen LogP contribution in [0.1, 0.15) is 36.8 Å². The third kappa shape index (κ3) is 5.91. The highest BCUT2D eigenvalue weighted by molar-refractivity contribution is 6.30. The van der Waals surface area contributed by atoms with Gasteiger partial charge in [0, 0.05) is 29.0 Å². The summed E-state index contributed by atoms with van der Waals surface area (Å²) >= 11 is 5.98. The predicted octanol–water partition coefficient (Wildman–Crippen LogP) is 3.92. The number of carbonyl (C=O) groups excluding carboxylic acids is 1. The van der Waals surface area contributed by atoms with Gasteiger partial charge in [-0.2, -0.15) is 0 Å². The van der Waals surface area contributed by atoms with Crippen molar-refractivity contribution in [1.29, 1.82) is 0 Å². The topological polar surface area (TPSA) is 54.0 Å². The SMILES string of the molecule is CC(C)(C)NC(=O)c1cc(NCCc2cccc(Cl)c2)ccn1. The average molecular weight is 332 g/mol. The fourth-order valence-corrected chi connectivity index (χ4v) is 2.33. The molecular formula is C18H22ClN3O. The van der Waals surface area contributed by atoms with Crippen molar-refractivity contribution in [3.8, 4) is 0 Å². The molecular weight excluding hydrogens is 310 g/mol. The summed E-state index contributed by atoms with van der Waals surface area (Å²) in [6, 6.07) is 11.4. The maximum Gasteiger partial charge on any atom is 0.270 e. The van der Waals surface area contributed by atoms with Gasteiger partial charge in [0.1, 0.15) is 5.69 Å². The molecule has 122 valence electrons. The van der Waals surface area contributed by atoms with Gasteiger partial charge in [-0.3, -0.25) is 9.78 Å². The lowest BCUT2D eigenvalue weighted by molar-refractivity contribution is 0.0914. The normalized spacial score (nSPS) is 11.1. The minimum atomic E-state index is -0.283. The van der Waals surface area contributed by atoms with Crippen molar-refractivity contribution < 1.29 is 4.79 Å². The highest BCUT2D eigenvalue weighted by Gasteiger charge is 2.16. The first-order valence-electron chi connectivity index (χ1n) is 7.60. The molecule has 0 fully saturated rings. The van der Waals surface area contributed by atoms with Crippen molar-refractivity contribution in [3.05, 3.63) is 58.9 Å². The number of aromatic nitrogens is 1. The third-order valence-corrected chi connectivity index (χ3v) is 3.35. The van der Waals surface area contributed by atoms with Crippen LogP contribution in [0.3, 0.4) is 0 Å². The van der Waals surface area contributed by atoms with Crippen molar-refractivity contribution >= 4 is 23.2 Å². The zero-order chi connectivity index (χ0) is 16.9. The van der Waals surface area contributed by atoms with E-state index >= 15 is 0 Å². The number of carbonyl (C=O) groups is 1. The number of amides is 1. The first-order valence-corrected chi connectivity index (χ1v) is 7.98. The molecule has 1 aromatic carbocycles. The summed E-state index contributed by atoms with van der Waals surface area (Å²) in [7, 11) is 0. The Kier molecular flexibility index (Phi) is 5.61. The summed E-state index contributed by atoms with van der Waals surface area (Å²) < 4.78 is 0. The lowest BCUT2D eigenvalue weighted by Crippen LogP contribution is -2.40. The summed E-state index contributed by atoms with van der Waals surface area (Å²) in [4.78, 5) is 16.3. The zero-order valence-corrected chi connectivity index (χ0v) is 14.4. The van der Waals surface area contributed by atoms with Gasteiger partial charge in [0.05, 0.1) is 0 Å². The van der Waals surface area contributed by atoms with Crippen molar-refractivity contribution in [1.82, 2.24) is 10.3 Å². The molecule has 23 heavy (non-hydrogen) atoms. The van der Waals surface area contributed by atoms with Gasteiger partial charge in [0.25, 0.3) is 5.91 Å². The fraction of sp³-hybridized carbons (Fsp3) is 0.333. The smallest absolute Gasteiger partial charge is 0.270 e. The number of rotatable bonds is 5. The van der Waals surface area contributed by atoms with Crippen LogP contribution in [0.25, 0.3) is 0 Å². The summed E-state index contributed by atoms with van der Waals surface area (Å²) in [5, 5.41) is 6.96. The molecule has 0 spiro atoms. The van der Waals surface area contributed by atoms with E-state index in [1.807, 2.05) is 51.1 Å². The monoisotopic (exact) mass is 331 g/mol. The van der Waals surface area contributed by atoms with E-state index in [0.717, 1.165) is 23.7 Å². The number of nitrogens with one attached hydrogen (secondary N) is 2. The van der Waals surface area contributed by atoms with Crippen LogP contribution in [0.2, 0.25) is 5.02 Å². The third-order valence-electron chi connectivity index (χ3n) is 3.11. The molecule has 4 nitrogen and oxygen atoms in total. The number of halogens is 1. The average Bonchev–Trinajstić information content (AvgIpc) is 2.46. The van der Waals surface area contributed by atoms with Crippen LogP contribution >= 0.6 is 11.6 Å². The van der Waals surface area contributed by atoms with Crippen LogP contribution in [0.4, 0.5) is 5.69 Å². The summed E-state index contributed by atoms with van der Waals surface area (Å²) in [5.74, 6) is -0.170. The van der Waals surface area contributed by atoms with Crippen molar-refractivity contribution in [2.45, 2.75) is 32.7 Å². The number of benzene rings is 1. The van der Waals surface area contributed by atoms with Crippen LogP contribution in [0, 0.1) is 0 Å². The second kappa shape index (κ2) is 7.47. The molecule has 0 aliphatic heterocycles. The van der Waals surface area contributed by atoms with Gasteiger partial charge in [-0.25, -0.2) is 0 Å². The molecule has 2 N–H and O–H groups in total. The van der Waals surface area contributed by atoms with Crippen molar-refractivity contribution in [2.75, 3.05) is 11.9 Å². The summed E-state index contributed by atoms with van der Waals surface area (Å²) in [6.45, 7) is 6.58. The molecule has 0 aliphatic carbocycles. The number of pyridine rings is 1. The molecule has 1 amide bonds. The van der Waals surface area contributed by atoms with E-state index in [2.05, 4.69) is 15.6 Å². The Hall–Kier alpha value is -2.07. The summed E-state index contributed by atoms with van der Waals surface area (Å²) in [6.07, 6.45) is 2.49. The van der Waals surface area contributed by atoms with E-state index in [0.29, 0.717) is 5.69 Å². The van der Waals surface area contributed by atoms with Crippen LogP contribution in [-0.2, 0) is 6.42 Å². The van der Waals surface area contributed by atoms with Gasteiger partial charge in [0.2, 0.25) is 0 Å². The maximum atomic E-state index is 12.1. The Balaban J connectivity index is 1.93. The molecule has 5 heteroatoms. The molecule has 0 unspecified atom stereocenters. The van der Waals surface area contributed by atoms with Crippen LogP contribution in [0.5, 0.6) is 0 Å². The molecule has 0 saturated heterocycles. The van der Waals surface area contributed by atoms with Gasteiger partial charge in [-0.1, -0.05) is 23.7 Å². The van der Waals surface area contributed by atoms with Crippen LogP contribution < -0.4 is 10.6 Å². The molecule has 2 aromatic rings. The van der Waals surface area contributed by atoms with Gasteiger partial charge >= 0.3 is 0 Å². The summed E-state index contributed by atoms with van der Waals surface area (Å²) in [5.41, 5.74) is 2.17. The van der Waals surface area contributed by atoms with Gasteiger partial charge in [-0.05, 0) is 57.0 Å². The largest absolute Gasteiger partial charge is 0.385 e. The number of hydrogen-bond acceptors (Lipinski definition) is 3. The zero-order valence-electron chi connectivity index (χ0n) is 13.7. The van der Waals surface area contributed by atoms with Gasteiger partial charge in [-0.15, -0.1) is 0 Å². The van der Waals surface area contributed by atoms with Crippen molar-refractivity contribution in [3.63, 3.8) is 0 Å². The predicted molar refractivity (Wildman–Crippen MR) is 95.1 cm³/mol. The molecule has 0 saturated carbocycles. The quantitative estimate of drug-likeness (QED) is 0.873. The molecule has 1 heterocycles. The highest BCUT2D eigenvalue weighted by atomic mass is 35.5. The Morgan fingerprint density at radius 3 is 2.70 bits per heavy atom. The standard InChI is InChI=1S/C18H22ClN3O/c1-18(2,3)22-17(23)16-12-15(8-10-21-16)20-9-7-13-5-4-6-14(19)11-13/h4-6,8,10-12H,7,9H2,1-3H3,(H,20,21)(H,22,23). The number of nitrogens with zero attached hydrogens (tertiary/aromatic N) is 1. The second-order valence-corrected chi connectivity index (χ2v) is 6.88. The Labute approximate surface area is 142 Å². The van der Waals surface area contributed by atoms with Crippen LogP contribution in [0.15, 0.2) is 42.6 Å². The van der Waals surface area contributed by atoms with E-state index in [-0.39, 0.29) is 11.4 Å². The molecule has 0 bridgehead atoms. The molecule has 0 radical (unpaired) electrons. The minimum Gasteiger partial charge on any atom is -0.385 e. The van der Waals surface area contributed by atoms with E-state index in [1.54, 1.807) is 12.3 Å². The molecule has 1 aromatic heterocycles.